The lowest BCUT2D eigenvalue weighted by Gasteiger charge is -2.32. The number of sulfonamides is 1. The van der Waals surface area contributed by atoms with Crippen molar-refractivity contribution >= 4 is 21.6 Å². The van der Waals surface area contributed by atoms with Gasteiger partial charge in [0.05, 0.1) is 10.6 Å². The van der Waals surface area contributed by atoms with Crippen LogP contribution in [0, 0.1) is 5.82 Å². The maximum Gasteiger partial charge on any atom is 0.265 e. The van der Waals surface area contributed by atoms with Crippen LogP contribution in [0.1, 0.15) is 18.9 Å². The van der Waals surface area contributed by atoms with Crippen molar-refractivity contribution < 1.29 is 17.6 Å². The van der Waals surface area contributed by atoms with E-state index in [0.717, 1.165) is 17.1 Å². The predicted molar refractivity (Wildman–Crippen MR) is 119 cm³/mol. The highest BCUT2D eigenvalue weighted by atomic mass is 32.2. The van der Waals surface area contributed by atoms with E-state index in [1.807, 2.05) is 37.3 Å². The van der Waals surface area contributed by atoms with E-state index in [2.05, 4.69) is 5.32 Å². The molecule has 1 N–H and O–H groups in total. The molecule has 4 rings (SSSR count). The van der Waals surface area contributed by atoms with Gasteiger partial charge < -0.3 is 5.32 Å². The highest BCUT2D eigenvalue weighted by Crippen LogP contribution is 2.42. The Bertz CT molecular complexity index is 1210. The Labute approximate surface area is 181 Å². The number of benzene rings is 3. The van der Waals surface area contributed by atoms with Gasteiger partial charge in [0.15, 0.2) is 0 Å². The molecule has 31 heavy (non-hydrogen) atoms. The fourth-order valence-corrected chi connectivity index (χ4v) is 5.47. The Kier molecular flexibility index (Phi) is 5.78. The van der Waals surface area contributed by atoms with Crippen LogP contribution in [-0.2, 0) is 21.2 Å². The third-order valence-corrected chi connectivity index (χ3v) is 7.19. The Morgan fingerprint density at radius 3 is 2.48 bits per heavy atom. The molecule has 0 fully saturated rings. The monoisotopic (exact) mass is 438 g/mol. The zero-order valence-electron chi connectivity index (χ0n) is 17.1. The van der Waals surface area contributed by atoms with Gasteiger partial charge in [0.1, 0.15) is 12.4 Å². The summed E-state index contributed by atoms with van der Waals surface area (Å²) in [4.78, 5) is 12.8. The summed E-state index contributed by atoms with van der Waals surface area (Å²) in [5.74, 6) is -0.870. The molecule has 0 unspecified atom stereocenters. The van der Waals surface area contributed by atoms with Crippen molar-refractivity contribution in [3.8, 4) is 11.1 Å². The van der Waals surface area contributed by atoms with Crippen LogP contribution in [0.2, 0.25) is 0 Å². The normalized spacial score (nSPS) is 15.0. The van der Waals surface area contributed by atoms with Crippen LogP contribution in [0.5, 0.6) is 0 Å². The van der Waals surface area contributed by atoms with Crippen molar-refractivity contribution in [3.63, 3.8) is 0 Å². The summed E-state index contributed by atoms with van der Waals surface area (Å²) in [7, 11) is -3.95. The van der Waals surface area contributed by atoms with Gasteiger partial charge >= 0.3 is 0 Å². The zero-order valence-corrected chi connectivity index (χ0v) is 17.9. The topological polar surface area (TPSA) is 66.5 Å². The first-order chi connectivity index (χ1) is 14.9. The van der Waals surface area contributed by atoms with Crippen molar-refractivity contribution in [2.45, 2.75) is 30.7 Å². The molecule has 3 aromatic rings. The summed E-state index contributed by atoms with van der Waals surface area (Å²) in [5.41, 5.74) is 2.36. The predicted octanol–water partition coefficient (Wildman–Crippen LogP) is 4.14. The Hall–Kier alpha value is -3.19. The second-order valence-corrected chi connectivity index (χ2v) is 9.49. The highest BCUT2D eigenvalue weighted by molar-refractivity contribution is 7.93. The molecule has 0 aliphatic carbocycles. The number of nitrogens with one attached hydrogen (secondary N) is 1. The minimum absolute atomic E-state index is 0.0676. The standard InChI is InChI=1S/C24H23FN2O3S/c1-17(11-12-18-7-3-2-4-8-18)26-24(28)16-27-22-14-13-19(25)15-21(22)20-9-5-6-10-23(20)31(27,29)30/h2-10,13-15,17H,11-12,16H2,1H3,(H,26,28)/t17-/m1/s1. The molecular formula is C24H23FN2O3S. The van der Waals surface area contributed by atoms with E-state index in [-0.39, 0.29) is 17.5 Å². The molecular weight excluding hydrogens is 415 g/mol. The third kappa shape index (κ3) is 4.32. The van der Waals surface area contributed by atoms with Crippen molar-refractivity contribution in [3.05, 3.63) is 84.2 Å². The minimum Gasteiger partial charge on any atom is -0.352 e. The summed E-state index contributed by atoms with van der Waals surface area (Å²) in [5, 5.41) is 2.88. The van der Waals surface area contributed by atoms with Crippen molar-refractivity contribution in [2.24, 2.45) is 0 Å². The zero-order chi connectivity index (χ0) is 22.0. The molecule has 1 aliphatic rings. The molecule has 1 aliphatic heterocycles. The van der Waals surface area contributed by atoms with E-state index >= 15 is 0 Å². The molecule has 1 amide bonds. The number of hydrogen-bond donors (Lipinski definition) is 1. The first-order valence-corrected chi connectivity index (χ1v) is 11.6. The van der Waals surface area contributed by atoms with Gasteiger partial charge in [-0.3, -0.25) is 9.10 Å². The number of halogens is 1. The lowest BCUT2D eigenvalue weighted by atomic mass is 10.0. The number of anilines is 1. The van der Waals surface area contributed by atoms with Gasteiger partial charge in [-0.1, -0.05) is 48.5 Å². The molecule has 1 atom stereocenters. The van der Waals surface area contributed by atoms with Crippen molar-refractivity contribution in [1.82, 2.24) is 5.32 Å². The largest absolute Gasteiger partial charge is 0.352 e. The van der Waals surface area contributed by atoms with Gasteiger partial charge in [-0.25, -0.2) is 12.8 Å². The number of carbonyl (C=O) groups is 1. The van der Waals surface area contributed by atoms with Gasteiger partial charge in [-0.2, -0.15) is 0 Å². The Morgan fingerprint density at radius 2 is 1.71 bits per heavy atom. The molecule has 7 heteroatoms. The van der Waals surface area contributed by atoms with Gasteiger partial charge in [-0.05, 0) is 49.6 Å². The van der Waals surface area contributed by atoms with Crippen LogP contribution in [0.3, 0.4) is 0 Å². The van der Waals surface area contributed by atoms with Crippen molar-refractivity contribution in [1.29, 1.82) is 0 Å². The lowest BCUT2D eigenvalue weighted by Crippen LogP contribution is -2.44. The SMILES string of the molecule is C[C@H](CCc1ccccc1)NC(=O)CN1c2ccc(F)cc2-c2ccccc2S1(=O)=O. The fourth-order valence-electron chi connectivity index (χ4n) is 3.82. The van der Waals surface area contributed by atoms with Gasteiger partial charge in [0.25, 0.3) is 10.0 Å². The molecule has 0 aromatic heterocycles. The highest BCUT2D eigenvalue weighted by Gasteiger charge is 2.36. The van der Waals surface area contributed by atoms with E-state index in [9.17, 15) is 17.6 Å². The van der Waals surface area contributed by atoms with E-state index in [1.54, 1.807) is 18.2 Å². The number of hydrogen-bond acceptors (Lipinski definition) is 3. The number of aryl methyl sites for hydroxylation is 1. The first kappa shape index (κ1) is 21.1. The van der Waals surface area contributed by atoms with Crippen LogP contribution in [0.25, 0.3) is 11.1 Å². The molecule has 0 bridgehead atoms. The van der Waals surface area contributed by atoms with Gasteiger partial charge in [-0.15, -0.1) is 0 Å². The van der Waals surface area contributed by atoms with Crippen LogP contribution in [0.15, 0.2) is 77.7 Å². The third-order valence-electron chi connectivity index (χ3n) is 5.38. The quantitative estimate of drug-likeness (QED) is 0.629. The molecule has 1 heterocycles. The van der Waals surface area contributed by atoms with Crippen molar-refractivity contribution in [2.75, 3.05) is 10.8 Å². The summed E-state index contributed by atoms with van der Waals surface area (Å²) in [6.07, 6.45) is 1.53. The second kappa shape index (κ2) is 8.51. The summed E-state index contributed by atoms with van der Waals surface area (Å²) >= 11 is 0. The number of fused-ring (bicyclic) bond motifs is 3. The summed E-state index contributed by atoms with van der Waals surface area (Å²) in [6.45, 7) is 1.52. The number of nitrogens with zero attached hydrogens (tertiary/aromatic N) is 1. The molecule has 0 spiro atoms. The summed E-state index contributed by atoms with van der Waals surface area (Å²) in [6, 6.07) is 20.2. The van der Waals surface area contributed by atoms with Crippen LogP contribution in [0.4, 0.5) is 10.1 Å². The van der Waals surface area contributed by atoms with Crippen LogP contribution >= 0.6 is 0 Å². The average molecular weight is 439 g/mol. The number of carbonyl (C=O) groups excluding carboxylic acids is 1. The second-order valence-electron chi connectivity index (χ2n) is 7.66. The Balaban J connectivity index is 1.53. The van der Waals surface area contributed by atoms with Crippen LogP contribution < -0.4 is 9.62 Å². The first-order valence-electron chi connectivity index (χ1n) is 10.1. The lowest BCUT2D eigenvalue weighted by molar-refractivity contribution is -0.120. The molecule has 0 saturated carbocycles. The number of amides is 1. The van der Waals surface area contributed by atoms with Gasteiger partial charge in [0.2, 0.25) is 5.91 Å². The van der Waals surface area contributed by atoms with Gasteiger partial charge in [0, 0.05) is 17.2 Å². The molecule has 160 valence electrons. The van der Waals surface area contributed by atoms with Crippen LogP contribution in [-0.4, -0.2) is 26.9 Å². The maximum atomic E-state index is 13.9. The molecule has 0 radical (unpaired) electrons. The molecule has 0 saturated heterocycles. The number of rotatable bonds is 6. The smallest absolute Gasteiger partial charge is 0.265 e. The van der Waals surface area contributed by atoms with E-state index in [1.165, 1.54) is 29.8 Å². The Morgan fingerprint density at radius 1 is 1.00 bits per heavy atom. The van der Waals surface area contributed by atoms with E-state index in [0.29, 0.717) is 16.8 Å². The minimum atomic E-state index is -3.95. The molecule has 5 nitrogen and oxygen atoms in total. The molecule has 3 aromatic carbocycles. The van der Waals surface area contributed by atoms with E-state index in [4.69, 9.17) is 0 Å². The average Bonchev–Trinajstić information content (AvgIpc) is 2.76. The fraction of sp³-hybridized carbons (Fsp3) is 0.208. The maximum absolute atomic E-state index is 13.9. The summed E-state index contributed by atoms with van der Waals surface area (Å²) < 4.78 is 41.5. The van der Waals surface area contributed by atoms with E-state index < -0.39 is 21.7 Å².